The Morgan fingerprint density at radius 3 is 1.86 bits per heavy atom. The minimum atomic E-state index is 1.16. The minimum Gasteiger partial charge on any atom is -0.155 e. The van der Waals surface area contributed by atoms with Gasteiger partial charge >= 0.3 is 0 Å². The van der Waals surface area contributed by atoms with Crippen molar-refractivity contribution in [3.8, 4) is 0 Å². The summed E-state index contributed by atoms with van der Waals surface area (Å²) >= 11 is 2.27. The van der Waals surface area contributed by atoms with Crippen LogP contribution in [0.15, 0.2) is 0 Å². The van der Waals surface area contributed by atoms with E-state index < -0.39 is 0 Å². The first kappa shape index (κ1) is 3.39. The molecule has 1 heterocycles. The van der Waals surface area contributed by atoms with Crippen LogP contribution in [-0.4, -0.2) is 10.5 Å². The third-order valence-corrected chi connectivity index (χ3v) is 4.24. The molecular formula is C6H8S. The first-order chi connectivity index (χ1) is 3.45. The smallest absolute Gasteiger partial charge is 0.00848 e. The van der Waals surface area contributed by atoms with Crippen LogP contribution in [0.4, 0.5) is 0 Å². The van der Waals surface area contributed by atoms with Crippen molar-refractivity contribution < 1.29 is 0 Å². The number of fused-ring (bicyclic) bond motifs is 3. The van der Waals surface area contributed by atoms with E-state index in [0.717, 1.165) is 10.5 Å². The van der Waals surface area contributed by atoms with Gasteiger partial charge in [0, 0.05) is 10.5 Å². The molecule has 0 N–H and O–H groups in total. The van der Waals surface area contributed by atoms with Crippen molar-refractivity contribution in [3.05, 3.63) is 0 Å². The first-order valence-electron chi connectivity index (χ1n) is 3.10. The lowest BCUT2D eigenvalue weighted by atomic mass is 10.3. The molecule has 2 saturated carbocycles. The zero-order chi connectivity index (χ0) is 4.43. The Bertz CT molecular complexity index is 107. The van der Waals surface area contributed by atoms with Gasteiger partial charge in [-0.05, 0) is 24.7 Å². The molecule has 0 amide bonds. The standard InChI is InChI=1S/C6H8S/c1-3-4-2-6(4)7-5(1)3/h3-6H,1-2H2/t3-,4-,5-,6-/m1/s1. The van der Waals surface area contributed by atoms with Crippen LogP contribution >= 0.6 is 11.8 Å². The van der Waals surface area contributed by atoms with Gasteiger partial charge in [0.2, 0.25) is 0 Å². The Morgan fingerprint density at radius 1 is 1.00 bits per heavy atom. The van der Waals surface area contributed by atoms with Gasteiger partial charge in [0.1, 0.15) is 0 Å². The van der Waals surface area contributed by atoms with Crippen LogP contribution in [0.3, 0.4) is 0 Å². The van der Waals surface area contributed by atoms with Crippen LogP contribution in [0, 0.1) is 11.8 Å². The lowest BCUT2D eigenvalue weighted by Crippen LogP contribution is -1.75. The maximum Gasteiger partial charge on any atom is 0.00848 e. The molecule has 0 aromatic rings. The van der Waals surface area contributed by atoms with E-state index in [1.54, 1.807) is 12.8 Å². The summed E-state index contributed by atoms with van der Waals surface area (Å²) in [4.78, 5) is 0. The Labute approximate surface area is 47.7 Å². The summed E-state index contributed by atoms with van der Waals surface area (Å²) in [6.45, 7) is 0. The predicted molar refractivity (Wildman–Crippen MR) is 31.4 cm³/mol. The highest BCUT2D eigenvalue weighted by atomic mass is 32.2. The largest absolute Gasteiger partial charge is 0.155 e. The summed E-state index contributed by atoms with van der Waals surface area (Å²) in [7, 11) is 0. The molecule has 0 radical (unpaired) electrons. The Morgan fingerprint density at radius 2 is 1.57 bits per heavy atom. The van der Waals surface area contributed by atoms with Crippen LogP contribution in [0.1, 0.15) is 12.8 Å². The molecule has 0 aromatic heterocycles. The molecule has 0 aromatic carbocycles. The first-order valence-corrected chi connectivity index (χ1v) is 4.05. The molecule has 0 bridgehead atoms. The van der Waals surface area contributed by atoms with Gasteiger partial charge in [-0.3, -0.25) is 0 Å². The molecule has 38 valence electrons. The van der Waals surface area contributed by atoms with Gasteiger partial charge in [-0.2, -0.15) is 11.8 Å². The molecule has 1 aliphatic heterocycles. The second-order valence-corrected chi connectivity index (χ2v) is 4.50. The molecule has 1 heteroatoms. The molecule has 3 aliphatic rings. The molecule has 0 unspecified atom stereocenters. The molecule has 2 aliphatic carbocycles. The quantitative estimate of drug-likeness (QED) is 0.457. The number of hydrogen-bond acceptors (Lipinski definition) is 1. The third kappa shape index (κ3) is 0.290. The molecule has 0 spiro atoms. The van der Waals surface area contributed by atoms with Crippen molar-refractivity contribution in [2.75, 3.05) is 0 Å². The van der Waals surface area contributed by atoms with Crippen molar-refractivity contribution in [2.45, 2.75) is 23.3 Å². The highest BCUT2D eigenvalue weighted by molar-refractivity contribution is 8.01. The molecule has 3 rings (SSSR count). The number of thioether (sulfide) groups is 1. The Kier molecular flexibility index (Phi) is 0.374. The fourth-order valence-corrected chi connectivity index (χ4v) is 3.74. The average Bonchev–Trinajstić information content (AvgIpc) is 2.47. The lowest BCUT2D eigenvalue weighted by Gasteiger charge is -1.83. The van der Waals surface area contributed by atoms with E-state index in [9.17, 15) is 0 Å². The molecule has 3 fully saturated rings. The van der Waals surface area contributed by atoms with E-state index in [4.69, 9.17) is 0 Å². The summed E-state index contributed by atoms with van der Waals surface area (Å²) in [5.41, 5.74) is 0. The molecular weight excluding hydrogens is 104 g/mol. The summed E-state index contributed by atoms with van der Waals surface area (Å²) in [6, 6.07) is 0. The molecule has 7 heavy (non-hydrogen) atoms. The van der Waals surface area contributed by atoms with Gasteiger partial charge in [-0.1, -0.05) is 0 Å². The van der Waals surface area contributed by atoms with Gasteiger partial charge in [0.25, 0.3) is 0 Å². The summed E-state index contributed by atoms with van der Waals surface area (Å²) in [6.07, 6.45) is 3.15. The Hall–Kier alpha value is 0.350. The van der Waals surface area contributed by atoms with Crippen molar-refractivity contribution in [3.63, 3.8) is 0 Å². The second-order valence-electron chi connectivity index (χ2n) is 3.01. The normalized spacial score (nSPS) is 72.0. The highest BCUT2D eigenvalue weighted by Crippen LogP contribution is 2.69. The molecule has 0 nitrogen and oxygen atoms in total. The third-order valence-electron chi connectivity index (χ3n) is 2.46. The van der Waals surface area contributed by atoms with E-state index in [2.05, 4.69) is 11.8 Å². The van der Waals surface area contributed by atoms with Gasteiger partial charge < -0.3 is 0 Å². The van der Waals surface area contributed by atoms with E-state index in [1.807, 2.05) is 0 Å². The van der Waals surface area contributed by atoms with Gasteiger partial charge in [0.15, 0.2) is 0 Å². The SMILES string of the molecule is C1[C@@H]2[C@H]3C[C@H]3S[C@H]12. The zero-order valence-electron chi connectivity index (χ0n) is 4.13. The molecule has 4 atom stereocenters. The fourth-order valence-electron chi connectivity index (χ4n) is 1.82. The van der Waals surface area contributed by atoms with E-state index >= 15 is 0 Å². The Balaban J connectivity index is 2.02. The number of rotatable bonds is 0. The summed E-state index contributed by atoms with van der Waals surface area (Å²) in [5.74, 6) is 2.44. The van der Waals surface area contributed by atoms with Gasteiger partial charge in [0.05, 0.1) is 0 Å². The summed E-state index contributed by atoms with van der Waals surface area (Å²) in [5, 5.41) is 2.31. The highest BCUT2D eigenvalue weighted by Gasteiger charge is 2.62. The van der Waals surface area contributed by atoms with Crippen LogP contribution in [0.2, 0.25) is 0 Å². The maximum absolute atomic E-state index is 2.27. The maximum atomic E-state index is 2.27. The second kappa shape index (κ2) is 0.771. The monoisotopic (exact) mass is 112 g/mol. The van der Waals surface area contributed by atoms with Crippen LogP contribution < -0.4 is 0 Å². The topological polar surface area (TPSA) is 0 Å². The predicted octanol–water partition coefficient (Wildman–Crippen LogP) is 1.51. The van der Waals surface area contributed by atoms with Crippen molar-refractivity contribution in [1.82, 2.24) is 0 Å². The minimum absolute atomic E-state index is 1.16. The number of hydrogen-bond donors (Lipinski definition) is 0. The van der Waals surface area contributed by atoms with Crippen molar-refractivity contribution in [1.29, 1.82) is 0 Å². The summed E-state index contributed by atoms with van der Waals surface area (Å²) < 4.78 is 0. The fraction of sp³-hybridized carbons (Fsp3) is 1.00. The van der Waals surface area contributed by atoms with Crippen LogP contribution in [-0.2, 0) is 0 Å². The van der Waals surface area contributed by atoms with Gasteiger partial charge in [-0.15, -0.1) is 0 Å². The van der Waals surface area contributed by atoms with Crippen molar-refractivity contribution in [2.24, 2.45) is 11.8 Å². The van der Waals surface area contributed by atoms with Crippen molar-refractivity contribution >= 4 is 11.8 Å². The van der Waals surface area contributed by atoms with E-state index in [1.165, 1.54) is 11.8 Å². The zero-order valence-corrected chi connectivity index (χ0v) is 4.95. The molecule has 1 saturated heterocycles. The van der Waals surface area contributed by atoms with Crippen LogP contribution in [0.5, 0.6) is 0 Å². The lowest BCUT2D eigenvalue weighted by molar-refractivity contribution is 0.736. The van der Waals surface area contributed by atoms with E-state index in [0.29, 0.717) is 0 Å². The van der Waals surface area contributed by atoms with Crippen LogP contribution in [0.25, 0.3) is 0 Å². The van der Waals surface area contributed by atoms with Gasteiger partial charge in [-0.25, -0.2) is 0 Å². The van der Waals surface area contributed by atoms with E-state index in [-0.39, 0.29) is 0 Å². The average molecular weight is 112 g/mol.